The highest BCUT2D eigenvalue weighted by molar-refractivity contribution is 5.96. The summed E-state index contributed by atoms with van der Waals surface area (Å²) in [5.74, 6) is -0.230. The molecule has 5 nitrogen and oxygen atoms in total. The summed E-state index contributed by atoms with van der Waals surface area (Å²) < 4.78 is 0. The van der Waals surface area contributed by atoms with E-state index in [9.17, 15) is 9.59 Å². The average molecular weight is 263 g/mol. The number of amides is 2. The van der Waals surface area contributed by atoms with Crippen molar-refractivity contribution in [3.8, 4) is 0 Å². The van der Waals surface area contributed by atoms with Crippen LogP contribution in [0.25, 0.3) is 0 Å². The SMILES string of the molecule is CNC(=O)c1ccc(NC(=O)CNC(C)C)c(C)c1. The van der Waals surface area contributed by atoms with E-state index >= 15 is 0 Å². The Morgan fingerprint density at radius 2 is 1.95 bits per heavy atom. The molecular formula is C14H21N3O2. The van der Waals surface area contributed by atoms with Crippen molar-refractivity contribution in [2.75, 3.05) is 18.9 Å². The van der Waals surface area contributed by atoms with Gasteiger partial charge in [-0.25, -0.2) is 0 Å². The summed E-state index contributed by atoms with van der Waals surface area (Å²) in [5.41, 5.74) is 2.17. The van der Waals surface area contributed by atoms with Crippen molar-refractivity contribution in [2.45, 2.75) is 26.8 Å². The van der Waals surface area contributed by atoms with E-state index in [1.54, 1.807) is 25.2 Å². The molecule has 0 saturated carbocycles. The van der Waals surface area contributed by atoms with Gasteiger partial charge in [-0.2, -0.15) is 0 Å². The molecule has 0 saturated heterocycles. The van der Waals surface area contributed by atoms with Crippen LogP contribution in [0.4, 0.5) is 5.69 Å². The van der Waals surface area contributed by atoms with E-state index in [1.165, 1.54) is 0 Å². The molecule has 0 fully saturated rings. The van der Waals surface area contributed by atoms with Gasteiger partial charge in [0.25, 0.3) is 5.91 Å². The standard InChI is InChI=1S/C14H21N3O2/c1-9(2)16-8-13(18)17-12-6-5-11(7-10(12)3)14(19)15-4/h5-7,9,16H,8H2,1-4H3,(H,15,19)(H,17,18). The molecule has 0 heterocycles. The smallest absolute Gasteiger partial charge is 0.251 e. The maximum Gasteiger partial charge on any atom is 0.251 e. The van der Waals surface area contributed by atoms with Crippen LogP contribution in [-0.2, 0) is 4.79 Å². The number of carbonyl (C=O) groups excluding carboxylic acids is 2. The average Bonchev–Trinajstić information content (AvgIpc) is 2.37. The lowest BCUT2D eigenvalue weighted by atomic mass is 10.1. The van der Waals surface area contributed by atoms with Gasteiger partial charge in [-0.15, -0.1) is 0 Å². The first-order chi connectivity index (χ1) is 8.93. The van der Waals surface area contributed by atoms with Gasteiger partial charge >= 0.3 is 0 Å². The van der Waals surface area contributed by atoms with Crippen LogP contribution in [0, 0.1) is 6.92 Å². The van der Waals surface area contributed by atoms with Crippen LogP contribution in [0.2, 0.25) is 0 Å². The first-order valence-corrected chi connectivity index (χ1v) is 6.30. The minimum Gasteiger partial charge on any atom is -0.355 e. The van der Waals surface area contributed by atoms with Crippen molar-refractivity contribution in [1.29, 1.82) is 0 Å². The third-order valence-electron chi connectivity index (χ3n) is 2.66. The monoisotopic (exact) mass is 263 g/mol. The molecule has 0 aromatic heterocycles. The molecule has 0 aliphatic rings. The quantitative estimate of drug-likeness (QED) is 0.749. The lowest BCUT2D eigenvalue weighted by molar-refractivity contribution is -0.115. The van der Waals surface area contributed by atoms with Crippen LogP contribution < -0.4 is 16.0 Å². The zero-order valence-corrected chi connectivity index (χ0v) is 11.8. The molecule has 0 spiro atoms. The fraction of sp³-hybridized carbons (Fsp3) is 0.429. The Balaban J connectivity index is 2.69. The van der Waals surface area contributed by atoms with Crippen molar-refractivity contribution in [3.63, 3.8) is 0 Å². The maximum absolute atomic E-state index is 11.7. The molecule has 5 heteroatoms. The summed E-state index contributed by atoms with van der Waals surface area (Å²) in [5, 5.41) is 8.43. The second kappa shape index (κ2) is 6.89. The summed E-state index contributed by atoms with van der Waals surface area (Å²) in [6, 6.07) is 5.46. The summed E-state index contributed by atoms with van der Waals surface area (Å²) in [7, 11) is 1.59. The maximum atomic E-state index is 11.7. The molecule has 0 radical (unpaired) electrons. The molecule has 1 rings (SSSR count). The molecule has 0 unspecified atom stereocenters. The molecule has 0 bridgehead atoms. The van der Waals surface area contributed by atoms with Crippen LogP contribution in [0.1, 0.15) is 29.8 Å². The molecule has 104 valence electrons. The summed E-state index contributed by atoms with van der Waals surface area (Å²) >= 11 is 0. The Labute approximate surface area is 113 Å². The third kappa shape index (κ3) is 4.71. The highest BCUT2D eigenvalue weighted by Crippen LogP contribution is 2.16. The summed E-state index contributed by atoms with van der Waals surface area (Å²) in [6.07, 6.45) is 0. The molecule has 1 aromatic carbocycles. The molecular weight excluding hydrogens is 242 g/mol. The molecule has 19 heavy (non-hydrogen) atoms. The van der Waals surface area contributed by atoms with E-state index in [2.05, 4.69) is 16.0 Å². The topological polar surface area (TPSA) is 70.2 Å². The van der Waals surface area contributed by atoms with Gasteiger partial charge in [-0.1, -0.05) is 13.8 Å². The number of hydrogen-bond acceptors (Lipinski definition) is 3. The van der Waals surface area contributed by atoms with Crippen LogP contribution in [0.15, 0.2) is 18.2 Å². The molecule has 1 aromatic rings. The lowest BCUT2D eigenvalue weighted by Crippen LogP contribution is -2.32. The van der Waals surface area contributed by atoms with Gasteiger partial charge in [0.1, 0.15) is 0 Å². The van der Waals surface area contributed by atoms with E-state index < -0.39 is 0 Å². The van der Waals surface area contributed by atoms with Gasteiger partial charge in [0.15, 0.2) is 0 Å². The van der Waals surface area contributed by atoms with Crippen LogP contribution in [0.5, 0.6) is 0 Å². The van der Waals surface area contributed by atoms with E-state index in [0.717, 1.165) is 11.3 Å². The van der Waals surface area contributed by atoms with Gasteiger partial charge in [-0.05, 0) is 30.7 Å². The molecule has 3 N–H and O–H groups in total. The normalized spacial score (nSPS) is 10.4. The Morgan fingerprint density at radius 3 is 2.47 bits per heavy atom. The Hall–Kier alpha value is -1.88. The summed E-state index contributed by atoms with van der Waals surface area (Å²) in [4.78, 5) is 23.2. The van der Waals surface area contributed by atoms with Crippen molar-refractivity contribution in [1.82, 2.24) is 10.6 Å². The number of anilines is 1. The molecule has 0 aliphatic heterocycles. The van der Waals surface area contributed by atoms with Gasteiger partial charge in [0.05, 0.1) is 6.54 Å². The zero-order valence-electron chi connectivity index (χ0n) is 11.8. The number of benzene rings is 1. The first kappa shape index (κ1) is 15.2. The number of hydrogen-bond donors (Lipinski definition) is 3. The van der Waals surface area contributed by atoms with Gasteiger partial charge < -0.3 is 16.0 Å². The van der Waals surface area contributed by atoms with Gasteiger partial charge in [0.2, 0.25) is 5.91 Å². The van der Waals surface area contributed by atoms with E-state index in [4.69, 9.17) is 0 Å². The fourth-order valence-corrected chi connectivity index (χ4v) is 1.58. The summed E-state index contributed by atoms with van der Waals surface area (Å²) in [6.45, 7) is 6.10. The first-order valence-electron chi connectivity index (χ1n) is 6.30. The minimum absolute atomic E-state index is 0.0931. The Bertz CT molecular complexity index is 470. The van der Waals surface area contributed by atoms with Crippen molar-refractivity contribution in [3.05, 3.63) is 29.3 Å². The van der Waals surface area contributed by atoms with Crippen molar-refractivity contribution >= 4 is 17.5 Å². The fourth-order valence-electron chi connectivity index (χ4n) is 1.58. The van der Waals surface area contributed by atoms with E-state index in [-0.39, 0.29) is 24.4 Å². The molecule has 2 amide bonds. The minimum atomic E-state index is -0.137. The van der Waals surface area contributed by atoms with Gasteiger partial charge in [-0.3, -0.25) is 9.59 Å². The number of aryl methyl sites for hydroxylation is 1. The number of rotatable bonds is 5. The highest BCUT2D eigenvalue weighted by Gasteiger charge is 2.08. The van der Waals surface area contributed by atoms with Crippen LogP contribution in [0.3, 0.4) is 0 Å². The Morgan fingerprint density at radius 1 is 1.26 bits per heavy atom. The molecule has 0 atom stereocenters. The second-order valence-corrected chi connectivity index (χ2v) is 4.69. The predicted octanol–water partition coefficient (Wildman–Crippen LogP) is 1.29. The van der Waals surface area contributed by atoms with Crippen LogP contribution in [-0.4, -0.2) is 31.4 Å². The molecule has 0 aliphatic carbocycles. The number of nitrogens with one attached hydrogen (secondary N) is 3. The zero-order chi connectivity index (χ0) is 14.4. The lowest BCUT2D eigenvalue weighted by Gasteiger charge is -2.11. The predicted molar refractivity (Wildman–Crippen MR) is 76.3 cm³/mol. The van der Waals surface area contributed by atoms with E-state index in [1.807, 2.05) is 20.8 Å². The van der Waals surface area contributed by atoms with E-state index in [0.29, 0.717) is 5.56 Å². The second-order valence-electron chi connectivity index (χ2n) is 4.69. The third-order valence-corrected chi connectivity index (χ3v) is 2.66. The van der Waals surface area contributed by atoms with Crippen LogP contribution >= 0.6 is 0 Å². The van der Waals surface area contributed by atoms with Crippen molar-refractivity contribution in [2.24, 2.45) is 0 Å². The van der Waals surface area contributed by atoms with Gasteiger partial charge in [0, 0.05) is 24.3 Å². The highest BCUT2D eigenvalue weighted by atomic mass is 16.2. The van der Waals surface area contributed by atoms with Crippen molar-refractivity contribution < 1.29 is 9.59 Å². The largest absolute Gasteiger partial charge is 0.355 e. The number of carbonyl (C=O) groups is 2. The Kier molecular flexibility index (Phi) is 5.51.